The molecule has 3 amide bonds. The van der Waals surface area contributed by atoms with Crippen LogP contribution >= 0.6 is 0 Å². The van der Waals surface area contributed by atoms with E-state index in [1.165, 1.54) is 0 Å². The molecule has 0 radical (unpaired) electrons. The third-order valence-electron chi connectivity index (χ3n) is 6.56. The van der Waals surface area contributed by atoms with Crippen molar-refractivity contribution in [3.8, 4) is 18.1 Å². The Kier molecular flexibility index (Phi) is 9.28. The Morgan fingerprint density at radius 1 is 1.05 bits per heavy atom. The number of nitrogens with one attached hydrogen (secondary N) is 2. The van der Waals surface area contributed by atoms with Crippen LogP contribution in [0.5, 0.6) is 5.75 Å². The molecule has 3 rings (SSSR count). The second kappa shape index (κ2) is 12.2. The number of alkyl carbamates (subject to hydrolysis) is 1. The Morgan fingerprint density at radius 2 is 1.64 bits per heavy atom. The lowest BCUT2D eigenvalue weighted by Gasteiger charge is -2.36. The van der Waals surface area contributed by atoms with Crippen LogP contribution in [0.3, 0.4) is 0 Å². The zero-order valence-corrected chi connectivity index (χ0v) is 23.8. The minimum absolute atomic E-state index is 0.168. The lowest BCUT2D eigenvalue weighted by molar-refractivity contribution is -0.142. The second-order valence-corrected chi connectivity index (χ2v) is 11.3. The van der Waals surface area contributed by atoms with Gasteiger partial charge in [0.25, 0.3) is 5.91 Å². The quantitative estimate of drug-likeness (QED) is 0.435. The zero-order chi connectivity index (χ0) is 28.9. The molecule has 0 aromatic heterocycles. The molecule has 208 valence electrons. The van der Waals surface area contributed by atoms with Gasteiger partial charge in [0.05, 0.1) is 7.11 Å². The van der Waals surface area contributed by atoms with Crippen LogP contribution in [0.1, 0.15) is 65.1 Å². The summed E-state index contributed by atoms with van der Waals surface area (Å²) in [5.41, 5.74) is 1.12. The fourth-order valence-electron chi connectivity index (χ4n) is 4.37. The summed E-state index contributed by atoms with van der Waals surface area (Å²) >= 11 is 0. The van der Waals surface area contributed by atoms with Crippen LogP contribution in [-0.4, -0.2) is 47.6 Å². The molecule has 1 aliphatic rings. The number of rotatable bonds is 9. The topological polar surface area (TPSA) is 97.0 Å². The minimum atomic E-state index is -0.955. The first kappa shape index (κ1) is 29.6. The molecule has 0 heterocycles. The van der Waals surface area contributed by atoms with E-state index in [0.29, 0.717) is 22.6 Å². The number of ether oxygens (including phenoxy) is 2. The van der Waals surface area contributed by atoms with Gasteiger partial charge < -0.3 is 25.0 Å². The molecule has 8 nitrogen and oxygen atoms in total. The molecular formula is C31H39N3O5. The molecule has 4 atom stereocenters. The molecule has 4 unspecified atom stereocenters. The van der Waals surface area contributed by atoms with Crippen molar-refractivity contribution in [2.24, 2.45) is 11.8 Å². The smallest absolute Gasteiger partial charge is 0.408 e. The van der Waals surface area contributed by atoms with Crippen LogP contribution in [0.15, 0.2) is 48.5 Å². The molecule has 2 aromatic rings. The first-order valence-corrected chi connectivity index (χ1v) is 13.2. The van der Waals surface area contributed by atoms with Crippen molar-refractivity contribution in [3.05, 3.63) is 59.7 Å². The summed E-state index contributed by atoms with van der Waals surface area (Å²) in [5, 5.41) is 5.70. The number of hydrogen-bond donors (Lipinski definition) is 2. The predicted molar refractivity (Wildman–Crippen MR) is 151 cm³/mol. The molecule has 0 aliphatic heterocycles. The zero-order valence-electron chi connectivity index (χ0n) is 23.8. The summed E-state index contributed by atoms with van der Waals surface area (Å²) in [6, 6.07) is 12.0. The summed E-state index contributed by atoms with van der Waals surface area (Å²) in [6.45, 7) is 11.0. The molecule has 1 aliphatic carbocycles. The van der Waals surface area contributed by atoms with Crippen molar-refractivity contribution < 1.29 is 23.9 Å². The van der Waals surface area contributed by atoms with Gasteiger partial charge in [-0.1, -0.05) is 38.8 Å². The van der Waals surface area contributed by atoms with Gasteiger partial charge in [-0.05, 0) is 81.0 Å². The highest BCUT2D eigenvalue weighted by atomic mass is 16.6. The maximum absolute atomic E-state index is 14.2. The van der Waals surface area contributed by atoms with Crippen molar-refractivity contribution in [3.63, 3.8) is 0 Å². The highest BCUT2D eigenvalue weighted by molar-refractivity contribution is 5.99. The van der Waals surface area contributed by atoms with Crippen molar-refractivity contribution in [1.29, 1.82) is 0 Å². The van der Waals surface area contributed by atoms with E-state index in [-0.39, 0.29) is 29.7 Å². The number of terminal acetylenes is 1. The van der Waals surface area contributed by atoms with Gasteiger partial charge in [0.2, 0.25) is 5.91 Å². The molecule has 0 saturated heterocycles. The van der Waals surface area contributed by atoms with E-state index in [2.05, 4.69) is 16.6 Å². The molecule has 2 N–H and O–H groups in total. The van der Waals surface area contributed by atoms with Gasteiger partial charge in [-0.3, -0.25) is 9.59 Å². The largest absolute Gasteiger partial charge is 0.497 e. The van der Waals surface area contributed by atoms with Gasteiger partial charge in [-0.15, -0.1) is 6.42 Å². The van der Waals surface area contributed by atoms with E-state index >= 15 is 0 Å². The lowest BCUT2D eigenvalue weighted by Crippen LogP contribution is -2.55. The van der Waals surface area contributed by atoms with Crippen LogP contribution in [-0.2, 0) is 14.3 Å². The molecule has 39 heavy (non-hydrogen) atoms. The van der Waals surface area contributed by atoms with Crippen LogP contribution in [0.2, 0.25) is 0 Å². The van der Waals surface area contributed by atoms with E-state index in [4.69, 9.17) is 15.9 Å². The van der Waals surface area contributed by atoms with Gasteiger partial charge in [0.1, 0.15) is 23.4 Å². The molecular weight excluding hydrogens is 494 g/mol. The van der Waals surface area contributed by atoms with Crippen LogP contribution in [0.4, 0.5) is 10.5 Å². The molecule has 2 aromatic carbocycles. The summed E-state index contributed by atoms with van der Waals surface area (Å²) in [6.07, 6.45) is 5.62. The van der Waals surface area contributed by atoms with Gasteiger partial charge in [0.15, 0.2) is 0 Å². The second-order valence-electron chi connectivity index (χ2n) is 11.3. The van der Waals surface area contributed by atoms with Gasteiger partial charge >= 0.3 is 6.09 Å². The van der Waals surface area contributed by atoms with Crippen LogP contribution < -0.4 is 15.4 Å². The van der Waals surface area contributed by atoms with Crippen molar-refractivity contribution in [2.45, 2.75) is 71.7 Å². The Hall–Kier alpha value is -3.99. The number of benzene rings is 2. The summed E-state index contributed by atoms with van der Waals surface area (Å²) in [4.78, 5) is 42.4. The number of carbonyl (C=O) groups is 3. The van der Waals surface area contributed by atoms with E-state index < -0.39 is 23.8 Å². The van der Waals surface area contributed by atoms with Crippen LogP contribution in [0.25, 0.3) is 0 Å². The molecule has 8 heteroatoms. The lowest BCUT2D eigenvalue weighted by atomic mass is 9.97. The first-order valence-electron chi connectivity index (χ1n) is 13.2. The summed E-state index contributed by atoms with van der Waals surface area (Å²) < 4.78 is 10.7. The standard InChI is InChI=1S/C31H39N3O5/c1-9-21-10-12-22(13-11-21)27(28(35)32-23-14-16-24(38-8)17-15-23)34(25-18-20(25)4)29(36)26(19(2)3)33-30(37)39-31(5,6)7/h1,10-17,19-20,25-27H,18H2,2-8H3,(H,32,35)(H,33,37). The van der Waals surface area contributed by atoms with E-state index in [1.807, 2.05) is 20.8 Å². The fourth-order valence-corrected chi connectivity index (χ4v) is 4.37. The Balaban J connectivity index is 2.01. The monoisotopic (exact) mass is 533 g/mol. The van der Waals surface area contributed by atoms with Gasteiger partial charge in [-0.25, -0.2) is 4.79 Å². The number of methoxy groups -OCH3 is 1. The Bertz CT molecular complexity index is 1210. The Morgan fingerprint density at radius 3 is 2.10 bits per heavy atom. The summed E-state index contributed by atoms with van der Waals surface area (Å²) in [5.74, 6) is 2.47. The number of anilines is 1. The van der Waals surface area contributed by atoms with Gasteiger partial charge in [0, 0.05) is 17.3 Å². The van der Waals surface area contributed by atoms with Crippen molar-refractivity contribution >= 4 is 23.6 Å². The van der Waals surface area contributed by atoms with E-state index in [9.17, 15) is 14.4 Å². The first-order chi connectivity index (χ1) is 18.3. The average molecular weight is 534 g/mol. The highest BCUT2D eigenvalue weighted by Crippen LogP contribution is 2.41. The molecule has 0 spiro atoms. The molecule has 1 fully saturated rings. The maximum Gasteiger partial charge on any atom is 0.408 e. The van der Waals surface area contributed by atoms with Crippen molar-refractivity contribution in [2.75, 3.05) is 12.4 Å². The maximum atomic E-state index is 14.2. The normalized spacial score (nSPS) is 17.8. The van der Waals surface area contributed by atoms with Gasteiger partial charge in [-0.2, -0.15) is 0 Å². The van der Waals surface area contributed by atoms with E-state index in [1.54, 1.807) is 81.3 Å². The summed E-state index contributed by atoms with van der Waals surface area (Å²) in [7, 11) is 1.57. The minimum Gasteiger partial charge on any atom is -0.497 e. The SMILES string of the molecule is C#Cc1ccc(C(C(=O)Nc2ccc(OC)cc2)N(C(=O)C(NC(=O)OC(C)(C)C)C(C)C)C2CC2C)cc1. The Labute approximate surface area is 231 Å². The average Bonchev–Trinajstić information content (AvgIpc) is 3.60. The third kappa shape index (κ3) is 7.76. The molecule has 1 saturated carbocycles. The molecule has 0 bridgehead atoms. The number of carbonyl (C=O) groups excluding carboxylic acids is 3. The number of hydrogen-bond acceptors (Lipinski definition) is 5. The highest BCUT2D eigenvalue weighted by Gasteiger charge is 2.48. The number of nitrogens with zero attached hydrogens (tertiary/aromatic N) is 1. The third-order valence-corrected chi connectivity index (χ3v) is 6.56. The predicted octanol–water partition coefficient (Wildman–Crippen LogP) is 5.14. The van der Waals surface area contributed by atoms with Crippen molar-refractivity contribution in [1.82, 2.24) is 10.2 Å². The van der Waals surface area contributed by atoms with E-state index in [0.717, 1.165) is 6.42 Å². The number of amides is 3. The fraction of sp³-hybridized carbons (Fsp3) is 0.452. The van der Waals surface area contributed by atoms with Crippen LogP contribution in [0, 0.1) is 24.2 Å².